The van der Waals surface area contributed by atoms with Crippen LogP contribution >= 0.6 is 0 Å². The van der Waals surface area contributed by atoms with E-state index in [4.69, 9.17) is 0 Å². The quantitative estimate of drug-likeness (QED) is 0.654. The Morgan fingerprint density at radius 1 is 0.762 bits per heavy atom. The van der Waals surface area contributed by atoms with E-state index in [-0.39, 0.29) is 1.43 Å². The molecule has 3 heteroatoms. The van der Waals surface area contributed by atoms with Crippen molar-refractivity contribution in [3.8, 4) is 0 Å². The van der Waals surface area contributed by atoms with Crippen molar-refractivity contribution in [2.75, 3.05) is 0 Å². The van der Waals surface area contributed by atoms with Crippen molar-refractivity contribution in [1.82, 2.24) is 4.98 Å². The van der Waals surface area contributed by atoms with Crippen molar-refractivity contribution in [1.29, 1.82) is 0 Å². The highest BCUT2D eigenvalue weighted by Crippen LogP contribution is 2.26. The minimum Gasteiger partial charge on any atom is -0.355 e. The highest BCUT2D eigenvalue weighted by molar-refractivity contribution is 6.09. The lowest BCUT2D eigenvalue weighted by Crippen LogP contribution is -1.79. The zero-order valence-corrected chi connectivity index (χ0v) is 12.9. The van der Waals surface area contributed by atoms with E-state index in [1.54, 1.807) is 12.1 Å². The maximum absolute atomic E-state index is 10.8. The van der Waals surface area contributed by atoms with Crippen LogP contribution in [-0.2, 0) is 0 Å². The normalized spacial score (nSPS) is 9.33. The zero-order valence-electron chi connectivity index (χ0n) is 12.9. The van der Waals surface area contributed by atoms with Gasteiger partial charge in [0.2, 0.25) is 0 Å². The molecule has 0 atom stereocenters. The van der Waals surface area contributed by atoms with Crippen LogP contribution in [0.2, 0.25) is 0 Å². The molecule has 0 bridgehead atoms. The smallest absolute Gasteiger partial charge is 0.150 e. The van der Waals surface area contributed by atoms with Crippen LogP contribution in [0.1, 0.15) is 49.8 Å². The van der Waals surface area contributed by atoms with Gasteiger partial charge in [0, 0.05) is 34.4 Å². The van der Waals surface area contributed by atoms with E-state index in [1.165, 1.54) is 0 Å². The molecule has 0 fully saturated rings. The number of carbonyl (C=O) groups is 2. The number of fused-ring (bicyclic) bond motifs is 3. The van der Waals surface area contributed by atoms with Crippen LogP contribution < -0.4 is 0 Å². The lowest BCUT2D eigenvalue weighted by Gasteiger charge is -1.94. The Labute approximate surface area is 126 Å². The molecule has 0 aliphatic rings. The monoisotopic (exact) mass is 285 g/mol. The largest absolute Gasteiger partial charge is 0.355 e. The fourth-order valence-electron chi connectivity index (χ4n) is 2.08. The van der Waals surface area contributed by atoms with E-state index in [0.717, 1.165) is 34.4 Å². The Morgan fingerprint density at radius 3 is 1.48 bits per heavy atom. The number of aldehydes is 2. The summed E-state index contributed by atoms with van der Waals surface area (Å²) in [4.78, 5) is 24.8. The number of carbonyl (C=O) groups excluding carboxylic acids is 2. The van der Waals surface area contributed by atoms with Crippen LogP contribution in [0.15, 0.2) is 36.4 Å². The molecule has 2 aromatic carbocycles. The molecular weight excluding hydrogens is 262 g/mol. The fraction of sp³-hybridized carbons (Fsp3) is 0.222. The molecule has 1 heterocycles. The molecule has 0 radical (unpaired) electrons. The molecule has 0 saturated carbocycles. The van der Waals surface area contributed by atoms with Gasteiger partial charge in [-0.15, -0.1) is 0 Å². The van der Waals surface area contributed by atoms with Crippen LogP contribution in [0.5, 0.6) is 0 Å². The molecule has 3 rings (SSSR count). The van der Waals surface area contributed by atoms with Crippen LogP contribution in [0.4, 0.5) is 0 Å². The lowest BCUT2D eigenvalue weighted by atomic mass is 10.1. The summed E-state index contributed by atoms with van der Waals surface area (Å²) in [6.07, 6.45) is 1.64. The van der Waals surface area contributed by atoms with Gasteiger partial charge in [-0.25, -0.2) is 0 Å². The first-order valence-electron chi connectivity index (χ1n) is 7.27. The molecule has 21 heavy (non-hydrogen) atoms. The van der Waals surface area contributed by atoms with Gasteiger partial charge in [-0.1, -0.05) is 27.7 Å². The first-order valence-corrected chi connectivity index (χ1v) is 7.27. The average molecular weight is 285 g/mol. The second kappa shape index (κ2) is 8.00. The molecule has 0 spiro atoms. The Bertz CT molecular complexity index is 685. The van der Waals surface area contributed by atoms with Crippen LogP contribution in [0, 0.1) is 0 Å². The highest BCUT2D eigenvalue weighted by atomic mass is 16.1. The number of aromatic nitrogens is 1. The van der Waals surface area contributed by atoms with Gasteiger partial charge in [-0.2, -0.15) is 0 Å². The number of H-pyrrole nitrogens is 1. The summed E-state index contributed by atoms with van der Waals surface area (Å²) in [5.41, 5.74) is 3.20. The Balaban J connectivity index is 0.000000819. The first kappa shape index (κ1) is 16.6. The van der Waals surface area contributed by atoms with Crippen LogP contribution in [0.3, 0.4) is 0 Å². The predicted octanol–water partition coefficient (Wildman–Crippen LogP) is 5.24. The van der Waals surface area contributed by atoms with Gasteiger partial charge in [0.05, 0.1) is 0 Å². The molecule has 0 unspecified atom stereocenters. The number of rotatable bonds is 2. The number of hydrogen-bond donors (Lipinski definition) is 1. The summed E-state index contributed by atoms with van der Waals surface area (Å²) < 4.78 is 0. The average Bonchev–Trinajstić information content (AvgIpc) is 2.95. The molecular formula is C18H23NO2. The summed E-state index contributed by atoms with van der Waals surface area (Å²) >= 11 is 0. The number of benzene rings is 2. The van der Waals surface area contributed by atoms with Crippen molar-refractivity contribution >= 4 is 34.4 Å². The number of aromatic amines is 1. The van der Waals surface area contributed by atoms with E-state index in [2.05, 4.69) is 4.98 Å². The first-order chi connectivity index (χ1) is 10.3. The Hall–Kier alpha value is -2.42. The molecule has 3 nitrogen and oxygen atoms in total. The molecule has 0 amide bonds. The van der Waals surface area contributed by atoms with Gasteiger partial charge in [0.1, 0.15) is 12.6 Å². The third-order valence-electron chi connectivity index (χ3n) is 2.92. The van der Waals surface area contributed by atoms with Crippen molar-refractivity contribution in [2.45, 2.75) is 27.7 Å². The highest BCUT2D eigenvalue weighted by Gasteiger charge is 2.05. The minimum absolute atomic E-state index is 0. The van der Waals surface area contributed by atoms with Crippen molar-refractivity contribution in [3.05, 3.63) is 47.5 Å². The molecule has 112 valence electrons. The molecule has 3 aromatic rings. The van der Waals surface area contributed by atoms with Gasteiger partial charge in [-0.3, -0.25) is 9.59 Å². The Kier molecular flexibility index (Phi) is 6.34. The topological polar surface area (TPSA) is 49.9 Å². The summed E-state index contributed by atoms with van der Waals surface area (Å²) in [5.74, 6) is 0. The van der Waals surface area contributed by atoms with Gasteiger partial charge < -0.3 is 4.98 Å². The third-order valence-corrected chi connectivity index (χ3v) is 2.92. The zero-order chi connectivity index (χ0) is 15.8. The fourth-order valence-corrected chi connectivity index (χ4v) is 2.08. The van der Waals surface area contributed by atoms with Gasteiger partial charge in [0.25, 0.3) is 0 Å². The number of nitrogens with one attached hydrogen (secondary N) is 1. The summed E-state index contributed by atoms with van der Waals surface area (Å²) in [5, 5.41) is 1.93. The van der Waals surface area contributed by atoms with E-state index in [0.29, 0.717) is 11.1 Å². The second-order valence-electron chi connectivity index (χ2n) is 3.97. The van der Waals surface area contributed by atoms with Gasteiger partial charge >= 0.3 is 0 Å². The van der Waals surface area contributed by atoms with Crippen molar-refractivity contribution in [2.24, 2.45) is 0 Å². The minimum atomic E-state index is 0. The third kappa shape index (κ3) is 3.37. The molecule has 1 aromatic heterocycles. The van der Waals surface area contributed by atoms with E-state index < -0.39 is 0 Å². The van der Waals surface area contributed by atoms with E-state index in [1.807, 2.05) is 52.0 Å². The SMILES string of the molecule is CC.CC.O=Cc1ccc2[nH]c3ccc(C=O)cc3c2c1.[HH]. The molecule has 1 N–H and O–H groups in total. The van der Waals surface area contributed by atoms with Crippen molar-refractivity contribution in [3.63, 3.8) is 0 Å². The Morgan fingerprint density at radius 2 is 1.14 bits per heavy atom. The summed E-state index contributed by atoms with van der Waals surface area (Å²) in [6.45, 7) is 8.00. The van der Waals surface area contributed by atoms with Gasteiger partial charge in [-0.05, 0) is 36.4 Å². The maximum atomic E-state index is 10.8. The standard InChI is InChI=1S/C14H9NO2.2C2H6.H2/c16-7-9-1-3-13-11(5-9)12-6-10(8-17)2-4-14(12)15-13;2*1-2;/h1-8,15H;2*1-2H3;1H. The van der Waals surface area contributed by atoms with Crippen LogP contribution in [-0.4, -0.2) is 17.6 Å². The number of hydrogen-bond acceptors (Lipinski definition) is 2. The summed E-state index contributed by atoms with van der Waals surface area (Å²) in [6, 6.07) is 10.9. The lowest BCUT2D eigenvalue weighted by molar-refractivity contribution is 0.111. The molecule has 0 saturated heterocycles. The molecule has 0 aliphatic heterocycles. The maximum Gasteiger partial charge on any atom is 0.150 e. The van der Waals surface area contributed by atoms with E-state index >= 15 is 0 Å². The van der Waals surface area contributed by atoms with Gasteiger partial charge in [0.15, 0.2) is 0 Å². The van der Waals surface area contributed by atoms with E-state index in [9.17, 15) is 9.59 Å². The van der Waals surface area contributed by atoms with Crippen LogP contribution in [0.25, 0.3) is 21.8 Å². The molecule has 0 aliphatic carbocycles. The predicted molar refractivity (Wildman–Crippen MR) is 91.4 cm³/mol. The second-order valence-corrected chi connectivity index (χ2v) is 3.97. The summed E-state index contributed by atoms with van der Waals surface area (Å²) in [7, 11) is 0. The van der Waals surface area contributed by atoms with Crippen molar-refractivity contribution < 1.29 is 11.0 Å².